The maximum atomic E-state index is 12.5. The third-order valence-corrected chi connectivity index (χ3v) is 4.92. The van der Waals surface area contributed by atoms with Crippen molar-refractivity contribution in [3.63, 3.8) is 0 Å². The zero-order chi connectivity index (χ0) is 19.4. The highest BCUT2D eigenvalue weighted by Crippen LogP contribution is 2.26. The number of pyridine rings is 1. The molecule has 2 aromatic heterocycles. The first-order chi connectivity index (χ1) is 13.5. The number of hydrogen-bond acceptors (Lipinski definition) is 4. The molecular formula is C21H14N4O3. The molecule has 1 aliphatic heterocycles. The fourth-order valence-electron chi connectivity index (χ4n) is 3.56. The SMILES string of the molecule is Nc1c2c(cc(=O)n1-c1ccc(-c3cc4ccccc4[nH]3)cc1)C(=O)NC2=O. The summed E-state index contributed by atoms with van der Waals surface area (Å²) >= 11 is 0. The Labute approximate surface area is 158 Å². The van der Waals surface area contributed by atoms with Crippen molar-refractivity contribution in [1.29, 1.82) is 0 Å². The van der Waals surface area contributed by atoms with Crippen molar-refractivity contribution in [2.45, 2.75) is 0 Å². The van der Waals surface area contributed by atoms with Crippen LogP contribution in [-0.4, -0.2) is 21.4 Å². The van der Waals surface area contributed by atoms with Gasteiger partial charge in [-0.05, 0) is 29.8 Å². The minimum atomic E-state index is -0.606. The number of hydrogen-bond donors (Lipinski definition) is 3. The van der Waals surface area contributed by atoms with Crippen LogP contribution >= 0.6 is 0 Å². The molecule has 5 rings (SSSR count). The van der Waals surface area contributed by atoms with Gasteiger partial charge in [-0.15, -0.1) is 0 Å². The quantitative estimate of drug-likeness (QED) is 0.471. The summed E-state index contributed by atoms with van der Waals surface area (Å²) < 4.78 is 1.23. The van der Waals surface area contributed by atoms with Crippen molar-refractivity contribution in [3.05, 3.63) is 82.1 Å². The molecule has 0 spiro atoms. The van der Waals surface area contributed by atoms with Gasteiger partial charge in [-0.25, -0.2) is 0 Å². The third-order valence-electron chi connectivity index (χ3n) is 4.92. The second-order valence-corrected chi connectivity index (χ2v) is 6.59. The second-order valence-electron chi connectivity index (χ2n) is 6.59. The van der Waals surface area contributed by atoms with Crippen LogP contribution in [0.4, 0.5) is 5.82 Å². The molecule has 7 heteroatoms. The van der Waals surface area contributed by atoms with Crippen molar-refractivity contribution in [2.75, 3.05) is 5.73 Å². The van der Waals surface area contributed by atoms with Gasteiger partial charge >= 0.3 is 0 Å². The molecule has 0 saturated heterocycles. The molecule has 0 fully saturated rings. The molecule has 0 unspecified atom stereocenters. The largest absolute Gasteiger partial charge is 0.384 e. The van der Waals surface area contributed by atoms with E-state index < -0.39 is 17.4 Å². The molecule has 3 heterocycles. The summed E-state index contributed by atoms with van der Waals surface area (Å²) in [5, 5.41) is 3.27. The van der Waals surface area contributed by atoms with Crippen molar-refractivity contribution in [3.8, 4) is 16.9 Å². The van der Waals surface area contributed by atoms with Gasteiger partial charge in [-0.3, -0.25) is 24.3 Å². The maximum Gasteiger partial charge on any atom is 0.262 e. The van der Waals surface area contributed by atoms with Crippen molar-refractivity contribution >= 4 is 28.5 Å². The maximum absolute atomic E-state index is 12.5. The van der Waals surface area contributed by atoms with Crippen LogP contribution in [0, 0.1) is 0 Å². The third kappa shape index (κ3) is 2.26. The number of imide groups is 1. The highest BCUT2D eigenvalue weighted by Gasteiger charge is 2.31. The molecule has 0 aliphatic carbocycles. The number of carbonyl (C=O) groups is 2. The lowest BCUT2D eigenvalue weighted by Gasteiger charge is -2.12. The van der Waals surface area contributed by atoms with Crippen LogP contribution in [0.2, 0.25) is 0 Å². The van der Waals surface area contributed by atoms with Gasteiger partial charge in [0, 0.05) is 22.7 Å². The minimum Gasteiger partial charge on any atom is -0.384 e. The molecule has 1 aliphatic rings. The first kappa shape index (κ1) is 16.1. The number of benzene rings is 2. The summed E-state index contributed by atoms with van der Waals surface area (Å²) in [4.78, 5) is 39.6. The molecule has 0 bridgehead atoms. The van der Waals surface area contributed by atoms with Crippen LogP contribution in [0.15, 0.2) is 65.5 Å². The van der Waals surface area contributed by atoms with Gasteiger partial charge in [-0.2, -0.15) is 0 Å². The Morgan fingerprint density at radius 3 is 2.36 bits per heavy atom. The fourth-order valence-corrected chi connectivity index (χ4v) is 3.56. The number of para-hydroxylation sites is 1. The number of aromatic amines is 1. The summed E-state index contributed by atoms with van der Waals surface area (Å²) in [6.07, 6.45) is 0. The van der Waals surface area contributed by atoms with E-state index in [0.29, 0.717) is 5.69 Å². The van der Waals surface area contributed by atoms with Crippen LogP contribution in [0.3, 0.4) is 0 Å². The average molecular weight is 370 g/mol. The standard InChI is InChI=1S/C21H14N4O3/c22-19-18-14(20(27)24-21(18)28)10-17(26)25(19)13-7-5-11(6-8-13)16-9-12-3-1-2-4-15(12)23-16/h1-10,23H,22H2,(H,24,27,28). The van der Waals surface area contributed by atoms with Crippen molar-refractivity contribution in [2.24, 2.45) is 0 Å². The van der Waals surface area contributed by atoms with Crippen LogP contribution in [0.1, 0.15) is 20.7 Å². The molecule has 4 N–H and O–H groups in total. The van der Waals surface area contributed by atoms with E-state index in [0.717, 1.165) is 28.2 Å². The molecule has 4 aromatic rings. The van der Waals surface area contributed by atoms with Crippen LogP contribution in [-0.2, 0) is 0 Å². The number of rotatable bonds is 2. The number of amides is 2. The van der Waals surface area contributed by atoms with Crippen molar-refractivity contribution in [1.82, 2.24) is 14.9 Å². The fraction of sp³-hybridized carbons (Fsp3) is 0. The molecule has 7 nitrogen and oxygen atoms in total. The lowest BCUT2D eigenvalue weighted by atomic mass is 10.1. The van der Waals surface area contributed by atoms with Gasteiger partial charge in [0.2, 0.25) is 0 Å². The number of aromatic nitrogens is 2. The number of nitrogens with two attached hydrogens (primary N) is 1. The Bertz CT molecular complexity index is 1310. The molecule has 0 saturated carbocycles. The summed E-state index contributed by atoms with van der Waals surface area (Å²) in [7, 11) is 0. The molecular weight excluding hydrogens is 356 g/mol. The average Bonchev–Trinajstić information content (AvgIpc) is 3.23. The first-order valence-corrected chi connectivity index (χ1v) is 8.63. The molecule has 2 aromatic carbocycles. The van der Waals surface area contributed by atoms with E-state index in [4.69, 9.17) is 5.73 Å². The summed E-state index contributed by atoms with van der Waals surface area (Å²) in [6, 6.07) is 18.4. The highest BCUT2D eigenvalue weighted by atomic mass is 16.2. The topological polar surface area (TPSA) is 110 Å². The number of H-pyrrole nitrogens is 1. The van der Waals surface area contributed by atoms with E-state index in [9.17, 15) is 14.4 Å². The summed E-state index contributed by atoms with van der Waals surface area (Å²) in [5.74, 6) is -1.25. The van der Waals surface area contributed by atoms with Gasteiger partial charge < -0.3 is 10.7 Å². The predicted octanol–water partition coefficient (Wildman–Crippen LogP) is 2.45. The van der Waals surface area contributed by atoms with Gasteiger partial charge in [0.05, 0.1) is 16.8 Å². The Kier molecular flexibility index (Phi) is 3.26. The van der Waals surface area contributed by atoms with Gasteiger partial charge in [-0.1, -0.05) is 30.3 Å². The Morgan fingerprint density at radius 2 is 1.61 bits per heavy atom. The molecule has 2 amide bonds. The van der Waals surface area contributed by atoms with Crippen LogP contribution < -0.4 is 16.6 Å². The smallest absolute Gasteiger partial charge is 0.262 e. The van der Waals surface area contributed by atoms with Gasteiger partial charge in [0.25, 0.3) is 17.4 Å². The van der Waals surface area contributed by atoms with E-state index in [-0.39, 0.29) is 16.9 Å². The first-order valence-electron chi connectivity index (χ1n) is 8.63. The minimum absolute atomic E-state index is 0.0124. The molecule has 28 heavy (non-hydrogen) atoms. The Morgan fingerprint density at radius 1 is 0.857 bits per heavy atom. The van der Waals surface area contributed by atoms with Crippen LogP contribution in [0.5, 0.6) is 0 Å². The molecule has 0 radical (unpaired) electrons. The van der Waals surface area contributed by atoms with E-state index in [1.54, 1.807) is 12.1 Å². The van der Waals surface area contributed by atoms with Gasteiger partial charge in [0.1, 0.15) is 5.82 Å². The van der Waals surface area contributed by atoms with Crippen molar-refractivity contribution < 1.29 is 9.59 Å². The predicted molar refractivity (Wildman–Crippen MR) is 106 cm³/mol. The monoisotopic (exact) mass is 370 g/mol. The number of nitrogen functional groups attached to an aromatic ring is 1. The molecule has 0 atom stereocenters. The molecule has 136 valence electrons. The van der Waals surface area contributed by atoms with E-state index >= 15 is 0 Å². The lowest BCUT2D eigenvalue weighted by Crippen LogP contribution is -2.24. The summed E-state index contributed by atoms with van der Waals surface area (Å²) in [6.45, 7) is 0. The highest BCUT2D eigenvalue weighted by molar-refractivity contribution is 6.23. The van der Waals surface area contributed by atoms with Crippen LogP contribution in [0.25, 0.3) is 27.8 Å². The van der Waals surface area contributed by atoms with E-state index in [1.165, 1.54) is 4.57 Å². The number of anilines is 1. The lowest BCUT2D eigenvalue weighted by molar-refractivity contribution is 0.0880. The van der Waals surface area contributed by atoms with E-state index in [1.807, 2.05) is 36.4 Å². The summed E-state index contributed by atoms with van der Waals surface area (Å²) in [5.41, 5.74) is 9.08. The Balaban J connectivity index is 1.60. The normalized spacial score (nSPS) is 13.0. The van der Waals surface area contributed by atoms with E-state index in [2.05, 4.69) is 16.4 Å². The number of fused-ring (bicyclic) bond motifs is 2. The zero-order valence-electron chi connectivity index (χ0n) is 14.5. The zero-order valence-corrected chi connectivity index (χ0v) is 14.5. The van der Waals surface area contributed by atoms with Gasteiger partial charge in [0.15, 0.2) is 0 Å². The number of nitrogens with zero attached hydrogens (tertiary/aromatic N) is 1. The number of nitrogens with one attached hydrogen (secondary N) is 2. The number of carbonyl (C=O) groups excluding carboxylic acids is 2. The Hall–Kier alpha value is -4.13. The second kappa shape index (κ2) is 5.68.